The Morgan fingerprint density at radius 1 is 1.10 bits per heavy atom. The molecule has 0 saturated carbocycles. The molecule has 1 aromatic heterocycles. The molecule has 9 heteroatoms. The lowest BCUT2D eigenvalue weighted by atomic mass is 10.1. The molecule has 2 aromatic carbocycles. The van der Waals surface area contributed by atoms with Crippen LogP contribution in [-0.4, -0.2) is 47.5 Å². The van der Waals surface area contributed by atoms with Gasteiger partial charge in [0.1, 0.15) is 18.0 Å². The minimum atomic E-state index is -0.761. The number of nitriles is 1. The number of likely N-dealkylation sites (tertiary alicyclic amines) is 1. The average Bonchev–Trinajstić information content (AvgIpc) is 3.61. The van der Waals surface area contributed by atoms with E-state index in [0.717, 1.165) is 62.0 Å². The fourth-order valence-electron chi connectivity index (χ4n) is 4.85. The van der Waals surface area contributed by atoms with Crippen molar-refractivity contribution >= 4 is 6.47 Å². The van der Waals surface area contributed by atoms with Crippen molar-refractivity contribution in [3.05, 3.63) is 72.1 Å². The van der Waals surface area contributed by atoms with Gasteiger partial charge in [0.2, 0.25) is 0 Å². The van der Waals surface area contributed by atoms with Crippen LogP contribution in [0.25, 0.3) is 11.1 Å². The maximum Gasteiger partial charge on any atom is 0.293 e. The number of carbonyl (C=O) groups is 1. The Balaban J connectivity index is 0.000000892. The first-order valence-corrected chi connectivity index (χ1v) is 14.4. The van der Waals surface area contributed by atoms with Crippen molar-refractivity contribution < 1.29 is 27.8 Å². The first-order chi connectivity index (χ1) is 20.1. The third-order valence-electron chi connectivity index (χ3n) is 6.82. The highest BCUT2D eigenvalue weighted by atomic mass is 19.1. The van der Waals surface area contributed by atoms with Gasteiger partial charge in [0.05, 0.1) is 17.8 Å². The van der Waals surface area contributed by atoms with Crippen molar-refractivity contribution in [3.8, 4) is 28.7 Å². The van der Waals surface area contributed by atoms with Crippen LogP contribution in [0.2, 0.25) is 0 Å². The molecule has 1 unspecified atom stereocenters. The smallest absolute Gasteiger partial charge is 0.293 e. The average molecular weight is 582 g/mol. The van der Waals surface area contributed by atoms with Gasteiger partial charge >= 0.3 is 0 Å². The number of carbonyl (C=O) groups excluding carboxylic acids is 1. The number of benzene rings is 2. The number of unbranched alkanes of at least 4 members (excludes halogenated alkanes) is 1. The van der Waals surface area contributed by atoms with Gasteiger partial charge < -0.3 is 18.8 Å². The number of nitrogens with zero attached hydrogens (tertiary/aromatic N) is 3. The normalized spacial score (nSPS) is 15.8. The quantitative estimate of drug-likeness (QED) is 0.215. The molecule has 0 aliphatic carbocycles. The van der Waals surface area contributed by atoms with E-state index in [0.29, 0.717) is 24.4 Å². The lowest BCUT2D eigenvalue weighted by Gasteiger charge is -2.34. The molecule has 3 aromatic rings. The Labute approximate surface area is 247 Å². The Bertz CT molecular complexity index is 1310. The zero-order valence-corrected chi connectivity index (χ0v) is 25.1. The van der Waals surface area contributed by atoms with Gasteiger partial charge in [-0.2, -0.15) is 5.26 Å². The van der Waals surface area contributed by atoms with Gasteiger partial charge in [0, 0.05) is 37.1 Å². The number of halogens is 2. The standard InChI is InChI=1S/C30H35F2N3O2.C3H6O2/c1-5-6-10-28(37-30(2,3)4)34-16-15-23(19-34)35-18-22(17-33)25(20-35)21-11-13-24(14-12-21)36-29-26(31)8-7-9-27(29)32;1-2-5-3-4/h7-9,11-14,18,20,23,28H,5-6,10,15-16,19H2,1-4H3;3H,2H2,1H3/t23-,28?;/m1./s1. The Kier molecular flexibility index (Phi) is 12.1. The molecule has 1 fully saturated rings. The van der Waals surface area contributed by atoms with E-state index in [1.54, 1.807) is 31.2 Å². The van der Waals surface area contributed by atoms with Gasteiger partial charge in [-0.15, -0.1) is 0 Å². The van der Waals surface area contributed by atoms with Crippen LogP contribution in [-0.2, 0) is 14.3 Å². The summed E-state index contributed by atoms with van der Waals surface area (Å²) in [5.41, 5.74) is 2.03. The summed E-state index contributed by atoms with van der Waals surface area (Å²) in [5.74, 6) is -1.64. The molecule has 4 rings (SSSR count). The molecule has 42 heavy (non-hydrogen) atoms. The van der Waals surface area contributed by atoms with Crippen LogP contribution in [0.4, 0.5) is 8.78 Å². The van der Waals surface area contributed by atoms with Crippen molar-refractivity contribution in [1.82, 2.24) is 9.47 Å². The highest BCUT2D eigenvalue weighted by molar-refractivity contribution is 5.70. The monoisotopic (exact) mass is 581 g/mol. The molecule has 0 amide bonds. The summed E-state index contributed by atoms with van der Waals surface area (Å²) in [7, 11) is 0. The number of rotatable bonds is 11. The van der Waals surface area contributed by atoms with Gasteiger partial charge in [0.25, 0.3) is 6.47 Å². The lowest BCUT2D eigenvalue weighted by Crippen LogP contribution is -2.40. The van der Waals surface area contributed by atoms with Gasteiger partial charge in [-0.05, 0) is 76.8 Å². The molecule has 1 aliphatic heterocycles. The van der Waals surface area contributed by atoms with E-state index < -0.39 is 17.4 Å². The maximum absolute atomic E-state index is 13.9. The van der Waals surface area contributed by atoms with Gasteiger partial charge in [-0.1, -0.05) is 31.5 Å². The highest BCUT2D eigenvalue weighted by Gasteiger charge is 2.32. The van der Waals surface area contributed by atoms with Crippen molar-refractivity contribution in [2.45, 2.75) is 78.2 Å². The maximum atomic E-state index is 13.9. The zero-order valence-electron chi connectivity index (χ0n) is 25.1. The fraction of sp³-hybridized carbons (Fsp3) is 0.455. The molecule has 1 saturated heterocycles. The van der Waals surface area contributed by atoms with Crippen molar-refractivity contribution in [2.75, 3.05) is 19.7 Å². The minimum Gasteiger partial charge on any atom is -0.468 e. The van der Waals surface area contributed by atoms with E-state index in [4.69, 9.17) is 9.47 Å². The largest absolute Gasteiger partial charge is 0.468 e. The first-order valence-electron chi connectivity index (χ1n) is 14.4. The molecule has 2 heterocycles. The predicted molar refractivity (Wildman–Crippen MR) is 158 cm³/mol. The third kappa shape index (κ3) is 9.13. The first kappa shape index (κ1) is 32.8. The summed E-state index contributed by atoms with van der Waals surface area (Å²) in [5, 5.41) is 9.81. The highest BCUT2D eigenvalue weighted by Crippen LogP contribution is 2.34. The van der Waals surface area contributed by atoms with E-state index in [9.17, 15) is 18.8 Å². The van der Waals surface area contributed by atoms with Crippen LogP contribution in [0.1, 0.15) is 71.9 Å². The zero-order chi connectivity index (χ0) is 30.7. The summed E-state index contributed by atoms with van der Waals surface area (Å²) in [6, 6.07) is 13.1. The Hall–Kier alpha value is -3.74. The summed E-state index contributed by atoms with van der Waals surface area (Å²) >= 11 is 0. The SMILES string of the molecule is CCCCC(OC(C)(C)C)N1CC[C@@H](n2cc(C#N)c(-c3ccc(Oc4c(F)cccc4F)cc3)c2)C1.CCOC=O. The number of ether oxygens (including phenoxy) is 3. The molecule has 2 atom stereocenters. The Morgan fingerprint density at radius 2 is 1.79 bits per heavy atom. The van der Waals surface area contributed by atoms with Crippen molar-refractivity contribution in [2.24, 2.45) is 0 Å². The van der Waals surface area contributed by atoms with Crippen LogP contribution in [0.5, 0.6) is 11.5 Å². The van der Waals surface area contributed by atoms with Crippen molar-refractivity contribution in [1.29, 1.82) is 5.26 Å². The minimum absolute atomic E-state index is 0.0854. The summed E-state index contributed by atoms with van der Waals surface area (Å²) in [6.45, 7) is 13.0. The summed E-state index contributed by atoms with van der Waals surface area (Å²) in [6.07, 6.45) is 8.26. The predicted octanol–water partition coefficient (Wildman–Crippen LogP) is 7.85. The number of hydrogen-bond acceptors (Lipinski definition) is 6. The molecule has 1 aliphatic rings. The van der Waals surface area contributed by atoms with Crippen LogP contribution in [0.15, 0.2) is 54.9 Å². The van der Waals surface area contributed by atoms with Crippen LogP contribution >= 0.6 is 0 Å². The van der Waals surface area contributed by atoms with Gasteiger partial charge in [-0.3, -0.25) is 9.69 Å². The van der Waals surface area contributed by atoms with Gasteiger partial charge in [0.15, 0.2) is 17.4 Å². The Morgan fingerprint density at radius 3 is 2.33 bits per heavy atom. The molecular formula is C33H41F2N3O4. The molecule has 0 radical (unpaired) electrons. The molecule has 0 bridgehead atoms. The second-order valence-corrected chi connectivity index (χ2v) is 11.1. The summed E-state index contributed by atoms with van der Waals surface area (Å²) in [4.78, 5) is 11.6. The summed E-state index contributed by atoms with van der Waals surface area (Å²) < 4.78 is 46.0. The second-order valence-electron chi connectivity index (χ2n) is 11.1. The van der Waals surface area contributed by atoms with E-state index in [1.807, 2.05) is 12.4 Å². The van der Waals surface area contributed by atoms with Crippen LogP contribution in [0.3, 0.4) is 0 Å². The molecule has 7 nitrogen and oxygen atoms in total. The number of aromatic nitrogens is 1. The fourth-order valence-corrected chi connectivity index (χ4v) is 4.85. The molecule has 0 N–H and O–H groups in total. The van der Waals surface area contributed by atoms with Crippen LogP contribution in [0, 0.1) is 23.0 Å². The third-order valence-corrected chi connectivity index (χ3v) is 6.82. The van der Waals surface area contributed by atoms with E-state index in [1.165, 1.54) is 6.07 Å². The topological polar surface area (TPSA) is 76.7 Å². The number of para-hydroxylation sites is 1. The molecule has 226 valence electrons. The molecular weight excluding hydrogens is 540 g/mol. The van der Waals surface area contributed by atoms with Crippen LogP contribution < -0.4 is 4.74 Å². The van der Waals surface area contributed by atoms with E-state index in [-0.39, 0.29) is 17.9 Å². The van der Waals surface area contributed by atoms with Gasteiger partial charge in [-0.25, -0.2) is 8.78 Å². The molecule has 0 spiro atoms. The van der Waals surface area contributed by atoms with E-state index in [2.05, 4.69) is 48.0 Å². The number of hydrogen-bond donors (Lipinski definition) is 0. The lowest BCUT2D eigenvalue weighted by molar-refractivity contribution is -0.131. The van der Waals surface area contributed by atoms with E-state index >= 15 is 0 Å². The van der Waals surface area contributed by atoms with Crippen molar-refractivity contribution in [3.63, 3.8) is 0 Å². The second kappa shape index (κ2) is 15.5.